The van der Waals surface area contributed by atoms with Crippen molar-refractivity contribution in [2.45, 2.75) is 20.0 Å². The number of anilines is 1. The first-order valence-electron chi connectivity index (χ1n) is 5.26. The number of hydrogen-bond donors (Lipinski definition) is 1. The Labute approximate surface area is 102 Å². The Morgan fingerprint density at radius 2 is 2.25 bits per heavy atom. The standard InChI is InChI=1S/C13H16ClNO/c1-4-8-15(5-2)13-7-6-11(10(3)16)9-12(13)14/h1,6-7,9-10,16H,5,8H2,2-3H3. The monoisotopic (exact) mass is 237 g/mol. The number of terminal acetylenes is 1. The first kappa shape index (κ1) is 12.9. The molecule has 0 bridgehead atoms. The third kappa shape index (κ3) is 2.91. The van der Waals surface area contributed by atoms with Gasteiger partial charge in [-0.25, -0.2) is 0 Å². The van der Waals surface area contributed by atoms with E-state index in [1.54, 1.807) is 13.0 Å². The van der Waals surface area contributed by atoms with Gasteiger partial charge in [-0.1, -0.05) is 23.6 Å². The average Bonchev–Trinajstić information content (AvgIpc) is 2.26. The molecule has 0 aliphatic rings. The Morgan fingerprint density at radius 1 is 1.56 bits per heavy atom. The molecule has 86 valence electrons. The highest BCUT2D eigenvalue weighted by Crippen LogP contribution is 2.28. The summed E-state index contributed by atoms with van der Waals surface area (Å²) in [7, 11) is 0. The van der Waals surface area contributed by atoms with Gasteiger partial charge in [-0.15, -0.1) is 6.42 Å². The minimum atomic E-state index is -0.505. The van der Waals surface area contributed by atoms with E-state index >= 15 is 0 Å². The maximum absolute atomic E-state index is 9.43. The molecule has 0 spiro atoms. The molecule has 0 heterocycles. The summed E-state index contributed by atoms with van der Waals surface area (Å²) in [4.78, 5) is 2.01. The Hall–Kier alpha value is -1.17. The van der Waals surface area contributed by atoms with Crippen LogP contribution >= 0.6 is 11.6 Å². The first-order valence-corrected chi connectivity index (χ1v) is 5.63. The van der Waals surface area contributed by atoms with Crippen LogP contribution in [0, 0.1) is 12.3 Å². The van der Waals surface area contributed by atoms with Crippen molar-refractivity contribution >= 4 is 17.3 Å². The first-order chi connectivity index (χ1) is 7.60. The Balaban J connectivity index is 3.02. The van der Waals surface area contributed by atoms with Crippen molar-refractivity contribution in [3.63, 3.8) is 0 Å². The molecule has 1 aromatic carbocycles. The fraction of sp³-hybridized carbons (Fsp3) is 0.385. The highest BCUT2D eigenvalue weighted by atomic mass is 35.5. The molecule has 1 aromatic rings. The van der Waals surface area contributed by atoms with E-state index in [0.717, 1.165) is 17.8 Å². The van der Waals surface area contributed by atoms with Crippen molar-refractivity contribution in [3.05, 3.63) is 28.8 Å². The van der Waals surface area contributed by atoms with E-state index in [9.17, 15) is 5.11 Å². The minimum Gasteiger partial charge on any atom is -0.389 e. The van der Waals surface area contributed by atoms with Crippen molar-refractivity contribution < 1.29 is 5.11 Å². The minimum absolute atomic E-state index is 0.505. The topological polar surface area (TPSA) is 23.5 Å². The predicted octanol–water partition coefficient (Wildman–Crippen LogP) is 2.85. The summed E-state index contributed by atoms with van der Waals surface area (Å²) in [5, 5.41) is 10.1. The van der Waals surface area contributed by atoms with E-state index in [-0.39, 0.29) is 0 Å². The van der Waals surface area contributed by atoms with Gasteiger partial charge in [0.15, 0.2) is 0 Å². The molecule has 0 saturated carbocycles. The Morgan fingerprint density at radius 3 is 2.69 bits per heavy atom. The highest BCUT2D eigenvalue weighted by Gasteiger charge is 2.09. The number of halogens is 1. The van der Waals surface area contributed by atoms with Crippen LogP contribution in [0.4, 0.5) is 5.69 Å². The zero-order valence-corrected chi connectivity index (χ0v) is 10.3. The number of benzene rings is 1. The zero-order valence-electron chi connectivity index (χ0n) is 9.57. The molecule has 0 radical (unpaired) electrons. The summed E-state index contributed by atoms with van der Waals surface area (Å²) in [5.74, 6) is 2.60. The molecule has 0 fully saturated rings. The van der Waals surface area contributed by atoms with Crippen LogP contribution in [0.1, 0.15) is 25.5 Å². The average molecular weight is 238 g/mol. The van der Waals surface area contributed by atoms with Crippen molar-refractivity contribution in [2.75, 3.05) is 18.0 Å². The lowest BCUT2D eigenvalue weighted by Crippen LogP contribution is -2.23. The maximum Gasteiger partial charge on any atom is 0.0792 e. The molecule has 0 aliphatic carbocycles. The van der Waals surface area contributed by atoms with Gasteiger partial charge in [0.2, 0.25) is 0 Å². The number of hydrogen-bond acceptors (Lipinski definition) is 2. The van der Waals surface area contributed by atoms with Crippen LogP contribution in [0.15, 0.2) is 18.2 Å². The second-order valence-corrected chi connectivity index (χ2v) is 4.01. The molecule has 0 aromatic heterocycles. The quantitative estimate of drug-likeness (QED) is 0.814. The Kier molecular flexibility index (Phi) is 4.67. The Bertz CT molecular complexity index is 395. The van der Waals surface area contributed by atoms with Crippen LogP contribution in [0.25, 0.3) is 0 Å². The molecule has 1 atom stereocenters. The second-order valence-electron chi connectivity index (χ2n) is 3.61. The second kappa shape index (κ2) is 5.79. The van der Waals surface area contributed by atoms with Crippen molar-refractivity contribution in [2.24, 2.45) is 0 Å². The van der Waals surface area contributed by atoms with Gasteiger partial charge in [0.25, 0.3) is 0 Å². The van der Waals surface area contributed by atoms with Crippen LogP contribution in [-0.2, 0) is 0 Å². The van der Waals surface area contributed by atoms with Gasteiger partial charge in [-0.3, -0.25) is 0 Å². The smallest absolute Gasteiger partial charge is 0.0792 e. The largest absolute Gasteiger partial charge is 0.389 e. The third-order valence-electron chi connectivity index (χ3n) is 2.46. The van der Waals surface area contributed by atoms with E-state index in [4.69, 9.17) is 18.0 Å². The van der Waals surface area contributed by atoms with Gasteiger partial charge in [0.05, 0.1) is 23.4 Å². The number of aliphatic hydroxyl groups excluding tert-OH is 1. The fourth-order valence-corrected chi connectivity index (χ4v) is 1.83. The molecule has 3 heteroatoms. The van der Waals surface area contributed by atoms with Crippen molar-refractivity contribution in [1.29, 1.82) is 0 Å². The third-order valence-corrected chi connectivity index (χ3v) is 2.76. The van der Waals surface area contributed by atoms with E-state index in [0.29, 0.717) is 11.6 Å². The summed E-state index contributed by atoms with van der Waals surface area (Å²) in [6.07, 6.45) is 4.79. The van der Waals surface area contributed by atoms with Gasteiger partial charge in [-0.2, -0.15) is 0 Å². The summed E-state index contributed by atoms with van der Waals surface area (Å²) in [6, 6.07) is 5.54. The van der Waals surface area contributed by atoms with Gasteiger partial charge in [-0.05, 0) is 31.5 Å². The lowest BCUT2D eigenvalue weighted by atomic mass is 10.1. The molecule has 16 heavy (non-hydrogen) atoms. The summed E-state index contributed by atoms with van der Waals surface area (Å²) in [5.41, 5.74) is 1.72. The number of aliphatic hydroxyl groups is 1. The zero-order chi connectivity index (χ0) is 12.1. The van der Waals surface area contributed by atoms with Crippen LogP contribution in [0.3, 0.4) is 0 Å². The molecular formula is C13H16ClNO. The molecular weight excluding hydrogens is 222 g/mol. The SMILES string of the molecule is C#CCN(CC)c1ccc(C(C)O)cc1Cl. The van der Waals surface area contributed by atoms with Crippen molar-refractivity contribution in [1.82, 2.24) is 0 Å². The molecule has 1 rings (SSSR count). The summed E-state index contributed by atoms with van der Waals surface area (Å²) < 4.78 is 0. The summed E-state index contributed by atoms with van der Waals surface area (Å²) in [6.45, 7) is 5.07. The van der Waals surface area contributed by atoms with Gasteiger partial charge in [0.1, 0.15) is 0 Å². The van der Waals surface area contributed by atoms with Gasteiger partial charge < -0.3 is 10.0 Å². The predicted molar refractivity (Wildman–Crippen MR) is 68.8 cm³/mol. The highest BCUT2D eigenvalue weighted by molar-refractivity contribution is 6.33. The van der Waals surface area contributed by atoms with E-state index in [1.807, 2.05) is 24.0 Å². The normalized spacial score (nSPS) is 11.9. The maximum atomic E-state index is 9.43. The van der Waals surface area contributed by atoms with Crippen LogP contribution in [0.5, 0.6) is 0 Å². The van der Waals surface area contributed by atoms with Gasteiger partial charge in [0, 0.05) is 6.54 Å². The molecule has 1 N–H and O–H groups in total. The molecule has 0 saturated heterocycles. The van der Waals surface area contributed by atoms with Gasteiger partial charge >= 0.3 is 0 Å². The molecule has 0 aliphatic heterocycles. The summed E-state index contributed by atoms with van der Waals surface area (Å²) >= 11 is 6.16. The van der Waals surface area contributed by atoms with Crippen LogP contribution < -0.4 is 4.90 Å². The van der Waals surface area contributed by atoms with E-state index in [2.05, 4.69) is 5.92 Å². The fourth-order valence-electron chi connectivity index (χ4n) is 1.52. The number of nitrogens with zero attached hydrogens (tertiary/aromatic N) is 1. The molecule has 0 amide bonds. The lowest BCUT2D eigenvalue weighted by Gasteiger charge is -2.22. The van der Waals surface area contributed by atoms with E-state index in [1.165, 1.54) is 0 Å². The number of rotatable bonds is 4. The van der Waals surface area contributed by atoms with E-state index < -0.39 is 6.10 Å². The van der Waals surface area contributed by atoms with Crippen LogP contribution in [-0.4, -0.2) is 18.2 Å². The molecule has 2 nitrogen and oxygen atoms in total. The molecule has 1 unspecified atom stereocenters. The van der Waals surface area contributed by atoms with Crippen LogP contribution in [0.2, 0.25) is 5.02 Å². The van der Waals surface area contributed by atoms with Crippen molar-refractivity contribution in [3.8, 4) is 12.3 Å². The lowest BCUT2D eigenvalue weighted by molar-refractivity contribution is 0.199.